The van der Waals surface area contributed by atoms with Crippen molar-refractivity contribution in [2.75, 3.05) is 35.2 Å². The predicted octanol–water partition coefficient (Wildman–Crippen LogP) is 3.17. The molecule has 1 heterocycles. The van der Waals surface area contributed by atoms with Gasteiger partial charge in [0.1, 0.15) is 0 Å². The van der Waals surface area contributed by atoms with Crippen molar-refractivity contribution in [2.24, 2.45) is 0 Å². The Labute approximate surface area is 131 Å². The molecule has 0 unspecified atom stereocenters. The van der Waals surface area contributed by atoms with Crippen LogP contribution in [0, 0.1) is 13.8 Å². The zero-order valence-corrected chi connectivity index (χ0v) is 13.0. The largest absolute Gasteiger partial charge is 0.382 e. The van der Waals surface area contributed by atoms with Crippen LogP contribution in [0.25, 0.3) is 0 Å². The molecule has 0 aliphatic carbocycles. The van der Waals surface area contributed by atoms with Gasteiger partial charge in [-0.2, -0.15) is 0 Å². The highest BCUT2D eigenvalue weighted by Gasteiger charge is 2.18. The lowest BCUT2D eigenvalue weighted by molar-refractivity contribution is -0.115. The zero-order valence-electron chi connectivity index (χ0n) is 13.0. The van der Waals surface area contributed by atoms with Gasteiger partial charge in [0.2, 0.25) is 5.91 Å². The Hall–Kier alpha value is -2.49. The van der Waals surface area contributed by atoms with E-state index in [9.17, 15) is 4.79 Å². The minimum atomic E-state index is 0.0173. The highest BCUT2D eigenvalue weighted by molar-refractivity contribution is 5.95. The molecule has 1 amide bonds. The predicted molar refractivity (Wildman–Crippen MR) is 91.7 cm³/mol. The lowest BCUT2D eigenvalue weighted by Gasteiger charge is -2.31. The first-order chi connectivity index (χ1) is 10.6. The number of aryl methyl sites for hydroxylation is 2. The van der Waals surface area contributed by atoms with Crippen LogP contribution in [0.15, 0.2) is 42.5 Å². The molecule has 0 saturated heterocycles. The van der Waals surface area contributed by atoms with Crippen LogP contribution in [0.4, 0.5) is 17.1 Å². The number of hydrogen-bond acceptors (Lipinski definition) is 3. The van der Waals surface area contributed by atoms with Gasteiger partial charge in [-0.15, -0.1) is 0 Å². The fourth-order valence-electron chi connectivity index (χ4n) is 2.83. The van der Waals surface area contributed by atoms with Crippen LogP contribution in [0.5, 0.6) is 0 Å². The van der Waals surface area contributed by atoms with Crippen LogP contribution >= 0.6 is 0 Å². The molecule has 0 spiro atoms. The van der Waals surface area contributed by atoms with E-state index in [1.54, 1.807) is 0 Å². The number of nitrogens with one attached hydrogen (secondary N) is 2. The van der Waals surface area contributed by atoms with Crippen molar-refractivity contribution < 1.29 is 4.79 Å². The molecule has 4 nitrogen and oxygen atoms in total. The number of amides is 1. The zero-order chi connectivity index (χ0) is 15.5. The highest BCUT2D eigenvalue weighted by Crippen LogP contribution is 2.28. The minimum Gasteiger partial charge on any atom is -0.382 e. The number of carbonyl (C=O) groups is 1. The van der Waals surface area contributed by atoms with E-state index < -0.39 is 0 Å². The van der Waals surface area contributed by atoms with Crippen LogP contribution in [-0.2, 0) is 4.79 Å². The van der Waals surface area contributed by atoms with Gasteiger partial charge in [0, 0.05) is 18.8 Å². The molecule has 0 atom stereocenters. The highest BCUT2D eigenvalue weighted by atomic mass is 16.2. The summed E-state index contributed by atoms with van der Waals surface area (Å²) in [5, 5.41) is 6.37. The molecule has 2 aromatic rings. The maximum atomic E-state index is 12.4. The molecule has 0 radical (unpaired) electrons. The van der Waals surface area contributed by atoms with E-state index in [1.165, 1.54) is 5.56 Å². The second-order valence-corrected chi connectivity index (χ2v) is 5.73. The summed E-state index contributed by atoms with van der Waals surface area (Å²) in [6.45, 7) is 6.12. The summed E-state index contributed by atoms with van der Waals surface area (Å²) in [6.07, 6.45) is 0. The molecule has 1 aliphatic rings. The van der Waals surface area contributed by atoms with Gasteiger partial charge in [-0.3, -0.25) is 4.79 Å². The van der Waals surface area contributed by atoms with Crippen molar-refractivity contribution in [2.45, 2.75) is 13.8 Å². The summed E-state index contributed by atoms with van der Waals surface area (Å²) >= 11 is 0. The molecule has 0 bridgehead atoms. The summed E-state index contributed by atoms with van der Waals surface area (Å²) in [5.74, 6) is 0.0173. The van der Waals surface area contributed by atoms with Gasteiger partial charge in [0.25, 0.3) is 0 Å². The van der Waals surface area contributed by atoms with Crippen LogP contribution in [0.1, 0.15) is 11.1 Å². The minimum absolute atomic E-state index is 0.0173. The molecular formula is C18H21N3O. The normalized spacial score (nSPS) is 13.3. The SMILES string of the molecule is Cc1ccc(NC(=O)CN2CCNc3ccccc32)c(C)c1. The van der Waals surface area contributed by atoms with Gasteiger partial charge in [0.15, 0.2) is 0 Å². The monoisotopic (exact) mass is 295 g/mol. The summed E-state index contributed by atoms with van der Waals surface area (Å²) in [6, 6.07) is 14.2. The maximum Gasteiger partial charge on any atom is 0.243 e. The number of anilines is 3. The Morgan fingerprint density at radius 2 is 2.05 bits per heavy atom. The quantitative estimate of drug-likeness (QED) is 0.914. The van der Waals surface area contributed by atoms with Crippen LogP contribution in [-0.4, -0.2) is 25.5 Å². The molecule has 0 fully saturated rings. The summed E-state index contributed by atoms with van der Waals surface area (Å²) < 4.78 is 0. The second-order valence-electron chi connectivity index (χ2n) is 5.73. The van der Waals surface area contributed by atoms with Gasteiger partial charge >= 0.3 is 0 Å². The summed E-state index contributed by atoms with van der Waals surface area (Å²) in [4.78, 5) is 14.5. The molecule has 3 rings (SSSR count). The number of carbonyl (C=O) groups excluding carboxylic acids is 1. The molecule has 2 N–H and O–H groups in total. The van der Waals surface area contributed by atoms with E-state index in [4.69, 9.17) is 0 Å². The lowest BCUT2D eigenvalue weighted by atomic mass is 10.1. The first-order valence-corrected chi connectivity index (χ1v) is 7.58. The van der Waals surface area contributed by atoms with Gasteiger partial charge in [-0.1, -0.05) is 29.8 Å². The number of nitrogens with zero attached hydrogens (tertiary/aromatic N) is 1. The Bertz CT molecular complexity index is 696. The lowest BCUT2D eigenvalue weighted by Crippen LogP contribution is -2.39. The van der Waals surface area contributed by atoms with Crippen molar-refractivity contribution in [3.63, 3.8) is 0 Å². The fourth-order valence-corrected chi connectivity index (χ4v) is 2.83. The number of hydrogen-bond donors (Lipinski definition) is 2. The van der Waals surface area contributed by atoms with Crippen molar-refractivity contribution in [1.29, 1.82) is 0 Å². The first-order valence-electron chi connectivity index (χ1n) is 7.58. The molecular weight excluding hydrogens is 274 g/mol. The number of para-hydroxylation sites is 2. The third-order valence-electron chi connectivity index (χ3n) is 3.93. The van der Waals surface area contributed by atoms with Crippen LogP contribution in [0.3, 0.4) is 0 Å². The Morgan fingerprint density at radius 1 is 1.23 bits per heavy atom. The van der Waals surface area contributed by atoms with E-state index in [0.29, 0.717) is 6.54 Å². The molecule has 0 aromatic heterocycles. The van der Waals surface area contributed by atoms with Gasteiger partial charge < -0.3 is 15.5 Å². The van der Waals surface area contributed by atoms with Crippen LogP contribution in [0.2, 0.25) is 0 Å². The molecule has 2 aromatic carbocycles. The second kappa shape index (κ2) is 6.10. The number of benzene rings is 2. The number of rotatable bonds is 3. The Kier molecular flexibility index (Phi) is 4.00. The third-order valence-corrected chi connectivity index (χ3v) is 3.93. The van der Waals surface area contributed by atoms with Crippen LogP contribution < -0.4 is 15.5 Å². The van der Waals surface area contributed by atoms with E-state index in [-0.39, 0.29) is 5.91 Å². The van der Waals surface area contributed by atoms with E-state index in [2.05, 4.69) is 28.5 Å². The molecule has 1 aliphatic heterocycles. The van der Waals surface area contributed by atoms with E-state index in [1.807, 2.05) is 43.3 Å². The van der Waals surface area contributed by atoms with Crippen molar-refractivity contribution in [1.82, 2.24) is 0 Å². The topological polar surface area (TPSA) is 44.4 Å². The van der Waals surface area contributed by atoms with E-state index in [0.717, 1.165) is 35.7 Å². The van der Waals surface area contributed by atoms with E-state index >= 15 is 0 Å². The molecule has 4 heteroatoms. The third kappa shape index (κ3) is 3.06. The molecule has 22 heavy (non-hydrogen) atoms. The van der Waals surface area contributed by atoms with Gasteiger partial charge in [0.05, 0.1) is 17.9 Å². The van der Waals surface area contributed by atoms with Crippen molar-refractivity contribution >= 4 is 23.0 Å². The van der Waals surface area contributed by atoms with Crippen molar-refractivity contribution in [3.8, 4) is 0 Å². The summed E-state index contributed by atoms with van der Waals surface area (Å²) in [5.41, 5.74) is 5.36. The molecule has 0 saturated carbocycles. The number of fused-ring (bicyclic) bond motifs is 1. The smallest absolute Gasteiger partial charge is 0.243 e. The Morgan fingerprint density at radius 3 is 2.86 bits per heavy atom. The average molecular weight is 295 g/mol. The average Bonchev–Trinajstić information content (AvgIpc) is 2.50. The summed E-state index contributed by atoms with van der Waals surface area (Å²) in [7, 11) is 0. The molecule has 114 valence electrons. The van der Waals surface area contributed by atoms with Gasteiger partial charge in [-0.25, -0.2) is 0 Å². The van der Waals surface area contributed by atoms with Gasteiger partial charge in [-0.05, 0) is 37.6 Å². The maximum absolute atomic E-state index is 12.4. The standard InChI is InChI=1S/C18H21N3O/c1-13-7-8-15(14(2)11-13)20-18(22)12-21-10-9-19-16-5-3-4-6-17(16)21/h3-8,11,19H,9-10,12H2,1-2H3,(H,20,22). The fraction of sp³-hybridized carbons (Fsp3) is 0.278. The Balaban J connectivity index is 1.70. The van der Waals surface area contributed by atoms with Crippen molar-refractivity contribution in [3.05, 3.63) is 53.6 Å². The first kappa shape index (κ1) is 14.4.